The van der Waals surface area contributed by atoms with E-state index in [9.17, 15) is 19.1 Å². The molecular formula is C27H27FN3O4-. The van der Waals surface area contributed by atoms with E-state index < -0.39 is 22.9 Å². The number of carbonyl (C=O) groups excluding carboxylic acids is 1. The summed E-state index contributed by atoms with van der Waals surface area (Å²) in [7, 11) is 0. The number of amides is 1. The molecule has 2 aromatic carbocycles. The van der Waals surface area contributed by atoms with Gasteiger partial charge in [-0.3, -0.25) is 14.3 Å². The lowest BCUT2D eigenvalue weighted by Crippen LogP contribution is -2.51. The molecule has 2 heterocycles. The first-order valence-electron chi connectivity index (χ1n) is 11.6. The van der Waals surface area contributed by atoms with E-state index in [1.807, 2.05) is 49.4 Å². The van der Waals surface area contributed by atoms with Gasteiger partial charge < -0.3 is 20.2 Å². The number of nitrogens with zero attached hydrogens (tertiary/aromatic N) is 2. The average molecular weight is 477 g/mol. The molecule has 3 aromatic rings. The maximum atomic E-state index is 14.5. The molecule has 8 heteroatoms. The Morgan fingerprint density at radius 2 is 1.91 bits per heavy atom. The molecular weight excluding hydrogens is 449 g/mol. The molecule has 7 nitrogen and oxygen atoms in total. The molecule has 0 aliphatic carbocycles. The number of pyridine rings is 1. The number of aromatic nitrogens is 1. The van der Waals surface area contributed by atoms with E-state index in [4.69, 9.17) is 4.74 Å². The van der Waals surface area contributed by atoms with Crippen molar-refractivity contribution in [3.63, 3.8) is 0 Å². The van der Waals surface area contributed by atoms with Gasteiger partial charge in [0, 0.05) is 30.3 Å². The van der Waals surface area contributed by atoms with Crippen LogP contribution in [-0.4, -0.2) is 34.8 Å². The molecule has 0 spiro atoms. The lowest BCUT2D eigenvalue weighted by atomic mass is 10.0. The second-order valence-corrected chi connectivity index (χ2v) is 8.29. The Labute approximate surface area is 203 Å². The molecule has 1 aliphatic rings. The summed E-state index contributed by atoms with van der Waals surface area (Å²) in [6.45, 7) is 2.34. The number of nitrogens with one attached hydrogen (secondary N) is 1. The van der Waals surface area contributed by atoms with Gasteiger partial charge in [-0.25, -0.2) is 4.39 Å². The van der Waals surface area contributed by atoms with Crippen molar-refractivity contribution in [3.05, 3.63) is 106 Å². The molecule has 0 unspecified atom stereocenters. The third-order valence-electron chi connectivity index (χ3n) is 6.03. The number of fused-ring (bicyclic) bond motifs is 1. The van der Waals surface area contributed by atoms with Gasteiger partial charge in [0.2, 0.25) is 0 Å². The maximum absolute atomic E-state index is 14.5. The highest BCUT2D eigenvalue weighted by Gasteiger charge is 2.29. The molecule has 35 heavy (non-hydrogen) atoms. The number of para-hydroxylation sites is 1. The van der Waals surface area contributed by atoms with Crippen LogP contribution in [-0.2, 0) is 6.42 Å². The fraction of sp³-hybridized carbons (Fsp3) is 0.259. The first kappa shape index (κ1) is 24.1. The standard InChI is InChI=1S/C27H28FN3O4/c1-2-21(30-18-29-31-15-14-23(32)25(33)24(31)27(30)34)12-6-7-16-35-26-20(11-8-13-22(26)28)17-19-9-4-3-5-10-19/h3-11,13-15,21,29,33H,2,12,16-18H2,1H3/p-1/b7-6+/t21-/m1/s1. The fourth-order valence-electron chi connectivity index (χ4n) is 4.14. The van der Waals surface area contributed by atoms with E-state index in [0.717, 1.165) is 17.2 Å². The number of halogens is 1. The highest BCUT2D eigenvalue weighted by Crippen LogP contribution is 2.25. The molecule has 1 amide bonds. The number of hydrogen-bond acceptors (Lipinski definition) is 5. The van der Waals surface area contributed by atoms with Crippen molar-refractivity contribution in [3.8, 4) is 11.5 Å². The van der Waals surface area contributed by atoms with Crippen LogP contribution in [0.3, 0.4) is 0 Å². The molecule has 4 rings (SSSR count). The number of carbonyl (C=O) groups is 1. The van der Waals surface area contributed by atoms with Crippen LogP contribution in [0.1, 0.15) is 41.4 Å². The fourth-order valence-corrected chi connectivity index (χ4v) is 4.14. The Kier molecular flexibility index (Phi) is 7.50. The number of hydrogen-bond donors (Lipinski definition) is 1. The minimum absolute atomic E-state index is 0.175. The predicted octanol–water partition coefficient (Wildman–Crippen LogP) is 3.41. The third-order valence-corrected chi connectivity index (χ3v) is 6.03. The molecule has 0 fully saturated rings. The molecule has 1 aromatic heterocycles. The van der Waals surface area contributed by atoms with Gasteiger partial charge >= 0.3 is 0 Å². The van der Waals surface area contributed by atoms with Crippen molar-refractivity contribution >= 4 is 5.91 Å². The molecule has 0 bridgehead atoms. The second kappa shape index (κ2) is 10.9. The number of ether oxygens (including phenoxy) is 1. The molecule has 182 valence electrons. The zero-order valence-corrected chi connectivity index (χ0v) is 19.4. The summed E-state index contributed by atoms with van der Waals surface area (Å²) in [6, 6.07) is 15.7. The molecule has 1 atom stereocenters. The van der Waals surface area contributed by atoms with E-state index in [2.05, 4.69) is 5.43 Å². The van der Waals surface area contributed by atoms with Gasteiger partial charge in [-0.1, -0.05) is 61.5 Å². The lowest BCUT2D eigenvalue weighted by molar-refractivity contribution is -0.271. The summed E-state index contributed by atoms with van der Waals surface area (Å²) in [5.41, 5.74) is 3.91. The highest BCUT2D eigenvalue weighted by atomic mass is 19.1. The van der Waals surface area contributed by atoms with Gasteiger partial charge in [-0.15, -0.1) is 0 Å². The zero-order chi connectivity index (χ0) is 24.8. The summed E-state index contributed by atoms with van der Waals surface area (Å²) in [5.74, 6) is -1.47. The van der Waals surface area contributed by atoms with Gasteiger partial charge in [0.15, 0.2) is 17.0 Å². The topological polar surface area (TPSA) is 86.6 Å². The summed E-state index contributed by atoms with van der Waals surface area (Å²) in [5, 5.41) is 12.2. The first-order chi connectivity index (χ1) is 17.0. The van der Waals surface area contributed by atoms with Crippen LogP contribution < -0.4 is 20.7 Å². The van der Waals surface area contributed by atoms with E-state index >= 15 is 0 Å². The Bertz CT molecular complexity index is 1270. The monoisotopic (exact) mass is 476 g/mol. The van der Waals surface area contributed by atoms with Crippen molar-refractivity contribution in [1.82, 2.24) is 9.58 Å². The predicted molar refractivity (Wildman–Crippen MR) is 130 cm³/mol. The summed E-state index contributed by atoms with van der Waals surface area (Å²) in [6.07, 6.45) is 6.79. The Morgan fingerprint density at radius 3 is 2.69 bits per heavy atom. The Balaban J connectivity index is 1.38. The van der Waals surface area contributed by atoms with Gasteiger partial charge in [-0.2, -0.15) is 0 Å². The van der Waals surface area contributed by atoms with Crippen LogP contribution >= 0.6 is 0 Å². The molecule has 0 saturated heterocycles. The van der Waals surface area contributed by atoms with E-state index in [-0.39, 0.29) is 30.8 Å². The highest BCUT2D eigenvalue weighted by molar-refractivity contribution is 5.96. The van der Waals surface area contributed by atoms with E-state index in [1.165, 1.54) is 16.9 Å². The van der Waals surface area contributed by atoms with Crippen LogP contribution in [0.4, 0.5) is 4.39 Å². The van der Waals surface area contributed by atoms with Crippen molar-refractivity contribution < 1.29 is 19.0 Å². The Hall–Kier alpha value is -4.07. The largest absolute Gasteiger partial charge is 0.868 e. The van der Waals surface area contributed by atoms with Gasteiger partial charge in [-0.05, 0) is 30.2 Å². The number of benzene rings is 2. The molecule has 1 N–H and O–H groups in total. The van der Waals surface area contributed by atoms with E-state index in [0.29, 0.717) is 19.3 Å². The second-order valence-electron chi connectivity index (χ2n) is 8.29. The first-order valence-corrected chi connectivity index (χ1v) is 11.6. The van der Waals surface area contributed by atoms with Crippen molar-refractivity contribution in [2.75, 3.05) is 18.7 Å². The van der Waals surface area contributed by atoms with Crippen molar-refractivity contribution in [1.29, 1.82) is 0 Å². The van der Waals surface area contributed by atoms with Gasteiger partial charge in [0.1, 0.15) is 19.0 Å². The third kappa shape index (κ3) is 5.37. The van der Waals surface area contributed by atoms with Crippen LogP contribution in [0.5, 0.6) is 11.5 Å². The molecule has 0 radical (unpaired) electrons. The molecule has 1 aliphatic heterocycles. The summed E-state index contributed by atoms with van der Waals surface area (Å²) in [4.78, 5) is 26.2. The zero-order valence-electron chi connectivity index (χ0n) is 19.4. The van der Waals surface area contributed by atoms with Crippen LogP contribution in [0.2, 0.25) is 0 Å². The normalized spacial score (nSPS) is 14.0. The molecule has 0 saturated carbocycles. The van der Waals surface area contributed by atoms with E-state index in [1.54, 1.807) is 17.0 Å². The maximum Gasteiger partial charge on any atom is 0.273 e. The minimum Gasteiger partial charge on any atom is -0.868 e. The van der Waals surface area contributed by atoms with Crippen LogP contribution in [0.25, 0.3) is 0 Å². The number of rotatable bonds is 9. The van der Waals surface area contributed by atoms with Crippen LogP contribution in [0.15, 0.2) is 77.7 Å². The Morgan fingerprint density at radius 1 is 1.11 bits per heavy atom. The summed E-state index contributed by atoms with van der Waals surface area (Å²) < 4.78 is 21.5. The minimum atomic E-state index is -0.815. The summed E-state index contributed by atoms with van der Waals surface area (Å²) >= 11 is 0. The van der Waals surface area contributed by atoms with Gasteiger partial charge in [0.05, 0.1) is 0 Å². The van der Waals surface area contributed by atoms with Gasteiger partial charge in [0.25, 0.3) is 5.91 Å². The quantitative estimate of drug-likeness (QED) is 0.479. The lowest BCUT2D eigenvalue weighted by Gasteiger charge is -2.37. The SMILES string of the molecule is CC[C@H](C/C=C/COc1c(F)cccc1Cc1ccccc1)N1CNn2ccc(=O)c([O-])c2C1=O. The smallest absolute Gasteiger partial charge is 0.273 e. The van der Waals surface area contributed by atoms with Crippen LogP contribution in [0, 0.1) is 5.82 Å². The van der Waals surface area contributed by atoms with Crippen molar-refractivity contribution in [2.24, 2.45) is 0 Å². The average Bonchev–Trinajstić information content (AvgIpc) is 2.86. The van der Waals surface area contributed by atoms with Crippen molar-refractivity contribution in [2.45, 2.75) is 32.2 Å².